The van der Waals surface area contributed by atoms with Crippen LogP contribution in [0.1, 0.15) is 35.3 Å². The Labute approximate surface area is 154 Å². The van der Waals surface area contributed by atoms with E-state index in [2.05, 4.69) is 15.9 Å². The molecule has 0 saturated carbocycles. The molecule has 1 amide bonds. The molecule has 2 aromatic carbocycles. The van der Waals surface area contributed by atoms with E-state index < -0.39 is 11.9 Å². The number of ether oxygens (including phenoxy) is 1. The van der Waals surface area contributed by atoms with Crippen molar-refractivity contribution in [2.24, 2.45) is 0 Å². The molecule has 0 aliphatic heterocycles. The van der Waals surface area contributed by atoms with Crippen molar-refractivity contribution in [3.05, 3.63) is 69.9 Å². The number of halogens is 2. The summed E-state index contributed by atoms with van der Waals surface area (Å²) in [5.41, 5.74) is 0.940. The lowest BCUT2D eigenvalue weighted by molar-refractivity contribution is 0.0908. The van der Waals surface area contributed by atoms with Crippen molar-refractivity contribution in [1.29, 1.82) is 0 Å². The Morgan fingerprint density at radius 3 is 2.40 bits per heavy atom. The third-order valence-electron chi connectivity index (χ3n) is 3.98. The van der Waals surface area contributed by atoms with E-state index in [0.717, 1.165) is 10.0 Å². The van der Waals surface area contributed by atoms with Gasteiger partial charge < -0.3 is 9.64 Å². The topological polar surface area (TPSA) is 46.6 Å². The van der Waals surface area contributed by atoms with Gasteiger partial charge in [0, 0.05) is 17.4 Å². The van der Waals surface area contributed by atoms with Crippen LogP contribution < -0.4 is 0 Å². The molecule has 0 bridgehead atoms. The van der Waals surface area contributed by atoms with Gasteiger partial charge in [-0.25, -0.2) is 9.18 Å². The fraction of sp³-hybridized carbons (Fsp3) is 0.263. The maximum Gasteiger partial charge on any atom is 0.409 e. The summed E-state index contributed by atoms with van der Waals surface area (Å²) < 4.78 is 19.5. The van der Waals surface area contributed by atoms with E-state index in [4.69, 9.17) is 4.74 Å². The number of amides is 1. The number of benzene rings is 2. The molecule has 0 fully saturated rings. The number of carbonyl (C=O) groups is 2. The number of nitrogens with zero attached hydrogens (tertiary/aromatic N) is 1. The molecule has 0 aromatic heterocycles. The van der Waals surface area contributed by atoms with E-state index in [1.165, 1.54) is 30.2 Å². The summed E-state index contributed by atoms with van der Waals surface area (Å²) in [4.78, 5) is 25.8. The first-order valence-corrected chi connectivity index (χ1v) is 8.61. The third-order valence-corrected chi connectivity index (χ3v) is 4.51. The van der Waals surface area contributed by atoms with E-state index in [9.17, 15) is 14.0 Å². The lowest BCUT2D eigenvalue weighted by Crippen LogP contribution is -2.35. The molecule has 2 aromatic rings. The molecule has 1 atom stereocenters. The van der Waals surface area contributed by atoms with Crippen molar-refractivity contribution in [2.75, 3.05) is 13.7 Å². The highest BCUT2D eigenvalue weighted by atomic mass is 79.9. The molecule has 2 rings (SSSR count). The van der Waals surface area contributed by atoms with Gasteiger partial charge in [0.15, 0.2) is 5.78 Å². The van der Waals surface area contributed by atoms with Crippen molar-refractivity contribution < 1.29 is 18.7 Å². The Balaban J connectivity index is 2.12. The van der Waals surface area contributed by atoms with E-state index in [0.29, 0.717) is 0 Å². The number of rotatable bonds is 6. The first kappa shape index (κ1) is 19.1. The average molecular weight is 408 g/mol. The summed E-state index contributed by atoms with van der Waals surface area (Å²) in [6, 6.07) is 13.1. The van der Waals surface area contributed by atoms with Gasteiger partial charge in [-0.05, 0) is 36.8 Å². The summed E-state index contributed by atoms with van der Waals surface area (Å²) >= 11 is 3.37. The van der Waals surface area contributed by atoms with Gasteiger partial charge >= 0.3 is 6.09 Å². The summed E-state index contributed by atoms with van der Waals surface area (Å²) in [7, 11) is 1.29. The van der Waals surface area contributed by atoms with Crippen LogP contribution in [0.5, 0.6) is 0 Å². The van der Waals surface area contributed by atoms with Gasteiger partial charge in [0.25, 0.3) is 0 Å². The predicted octanol–water partition coefficient (Wildman–Crippen LogP) is 4.99. The number of methoxy groups -OCH3 is 1. The SMILES string of the molecule is COC(=O)N(CCC(=O)c1ccccc1F)[C@@H](C)c1ccc(Br)cc1. The molecule has 0 heterocycles. The maximum absolute atomic E-state index is 13.7. The Morgan fingerprint density at radius 2 is 1.80 bits per heavy atom. The molecule has 0 saturated heterocycles. The zero-order chi connectivity index (χ0) is 18.4. The molecule has 25 heavy (non-hydrogen) atoms. The largest absolute Gasteiger partial charge is 0.453 e. The zero-order valence-corrected chi connectivity index (χ0v) is 15.6. The minimum Gasteiger partial charge on any atom is -0.453 e. The van der Waals surface area contributed by atoms with Gasteiger partial charge in [0.1, 0.15) is 5.82 Å². The maximum atomic E-state index is 13.7. The van der Waals surface area contributed by atoms with Crippen LogP contribution >= 0.6 is 15.9 Å². The summed E-state index contributed by atoms with van der Waals surface area (Å²) in [5, 5.41) is 0. The smallest absolute Gasteiger partial charge is 0.409 e. The highest BCUT2D eigenvalue weighted by molar-refractivity contribution is 9.10. The molecule has 4 nitrogen and oxygen atoms in total. The van der Waals surface area contributed by atoms with Gasteiger partial charge in [-0.2, -0.15) is 0 Å². The number of carbonyl (C=O) groups excluding carboxylic acids is 2. The summed E-state index contributed by atoms with van der Waals surface area (Å²) in [6.45, 7) is 1.99. The van der Waals surface area contributed by atoms with Gasteiger partial charge in [-0.3, -0.25) is 4.79 Å². The fourth-order valence-electron chi connectivity index (χ4n) is 2.53. The molecule has 0 N–H and O–H groups in total. The van der Waals surface area contributed by atoms with Gasteiger partial charge in [-0.1, -0.05) is 40.2 Å². The van der Waals surface area contributed by atoms with E-state index in [-0.39, 0.29) is 30.4 Å². The second kappa shape index (κ2) is 8.76. The molecule has 0 unspecified atom stereocenters. The van der Waals surface area contributed by atoms with Crippen LogP contribution in [0.2, 0.25) is 0 Å². The number of Topliss-reactive ketones (excluding diaryl/α,β-unsaturated/α-hetero) is 1. The lowest BCUT2D eigenvalue weighted by Gasteiger charge is -2.28. The molecule has 0 spiro atoms. The molecule has 0 radical (unpaired) electrons. The Kier molecular flexibility index (Phi) is 6.70. The Morgan fingerprint density at radius 1 is 1.16 bits per heavy atom. The van der Waals surface area contributed by atoms with Gasteiger partial charge in [0.2, 0.25) is 0 Å². The van der Waals surface area contributed by atoms with Gasteiger partial charge in [0.05, 0.1) is 18.7 Å². The number of hydrogen-bond acceptors (Lipinski definition) is 3. The van der Waals surface area contributed by atoms with E-state index in [1.54, 1.807) is 6.07 Å². The summed E-state index contributed by atoms with van der Waals surface area (Å²) in [5.74, 6) is -0.909. The van der Waals surface area contributed by atoms with Crippen LogP contribution in [0.3, 0.4) is 0 Å². The van der Waals surface area contributed by atoms with Crippen LogP contribution in [-0.2, 0) is 4.74 Å². The standard InChI is InChI=1S/C19H19BrFNO3/c1-13(14-7-9-15(20)10-8-14)22(19(24)25-2)12-11-18(23)16-5-3-4-6-17(16)21/h3-10,13H,11-12H2,1-2H3/t13-/m0/s1. The Bertz CT molecular complexity index is 749. The van der Waals surface area contributed by atoms with E-state index in [1.807, 2.05) is 31.2 Å². The van der Waals surface area contributed by atoms with Crippen LogP contribution in [-0.4, -0.2) is 30.4 Å². The lowest BCUT2D eigenvalue weighted by atomic mass is 10.0. The number of ketones is 1. The zero-order valence-electron chi connectivity index (χ0n) is 14.0. The highest BCUT2D eigenvalue weighted by Crippen LogP contribution is 2.23. The Hall–Kier alpha value is -2.21. The van der Waals surface area contributed by atoms with Crippen molar-refractivity contribution in [3.63, 3.8) is 0 Å². The van der Waals surface area contributed by atoms with Crippen LogP contribution in [0.4, 0.5) is 9.18 Å². The highest BCUT2D eigenvalue weighted by Gasteiger charge is 2.23. The second-order valence-corrected chi connectivity index (χ2v) is 6.46. The van der Waals surface area contributed by atoms with Crippen LogP contribution in [0, 0.1) is 5.82 Å². The molecule has 132 valence electrons. The average Bonchev–Trinajstić information content (AvgIpc) is 2.62. The van der Waals surface area contributed by atoms with E-state index >= 15 is 0 Å². The first-order valence-electron chi connectivity index (χ1n) is 7.81. The normalized spacial score (nSPS) is 11.7. The monoisotopic (exact) mass is 407 g/mol. The van der Waals surface area contributed by atoms with Crippen LogP contribution in [0.15, 0.2) is 53.0 Å². The molecule has 0 aliphatic rings. The van der Waals surface area contributed by atoms with Crippen LogP contribution in [0.25, 0.3) is 0 Å². The number of hydrogen-bond donors (Lipinski definition) is 0. The third kappa shape index (κ3) is 4.89. The van der Waals surface area contributed by atoms with Crippen molar-refractivity contribution in [3.8, 4) is 0 Å². The first-order chi connectivity index (χ1) is 11.9. The second-order valence-electron chi connectivity index (χ2n) is 5.54. The van der Waals surface area contributed by atoms with Gasteiger partial charge in [-0.15, -0.1) is 0 Å². The quantitative estimate of drug-likeness (QED) is 0.633. The molecular weight excluding hydrogens is 389 g/mol. The molecule has 6 heteroatoms. The molecular formula is C19H19BrFNO3. The minimum absolute atomic E-state index is 0.0108. The van der Waals surface area contributed by atoms with Crippen molar-refractivity contribution in [1.82, 2.24) is 4.90 Å². The minimum atomic E-state index is -0.557. The fourth-order valence-corrected chi connectivity index (χ4v) is 2.79. The van der Waals surface area contributed by atoms with Crippen molar-refractivity contribution >= 4 is 27.8 Å². The van der Waals surface area contributed by atoms with Crippen molar-refractivity contribution in [2.45, 2.75) is 19.4 Å². The predicted molar refractivity (Wildman–Crippen MR) is 97.0 cm³/mol. The summed E-state index contributed by atoms with van der Waals surface area (Å²) in [6.07, 6.45) is -0.520. The molecule has 0 aliphatic carbocycles.